The van der Waals surface area contributed by atoms with Crippen LogP contribution in [0, 0.1) is 6.92 Å². The molecule has 0 aliphatic heterocycles. The second-order valence-electron chi connectivity index (χ2n) is 2.78. The number of hydrogen-bond donors (Lipinski definition) is 2. The number of urea groups is 1. The topological polar surface area (TPSA) is 41.1 Å². The second-order valence-corrected chi connectivity index (χ2v) is 3.78. The largest absolute Gasteiger partial charge is 0.341 e. The highest BCUT2D eigenvalue weighted by molar-refractivity contribution is 7.10. The first kappa shape index (κ1) is 10.1. The summed E-state index contributed by atoms with van der Waals surface area (Å²) in [6.07, 6.45) is 0.914. The van der Waals surface area contributed by atoms with Gasteiger partial charge in [0.2, 0.25) is 0 Å². The summed E-state index contributed by atoms with van der Waals surface area (Å²) in [5, 5.41) is 7.34. The fraction of sp³-hybridized carbons (Fsp3) is 0.444. The van der Waals surface area contributed by atoms with E-state index in [1.807, 2.05) is 0 Å². The maximum atomic E-state index is 10.8. The highest BCUT2D eigenvalue weighted by atomic mass is 32.1. The number of nitrogens with one attached hydrogen (secondary N) is 2. The highest BCUT2D eigenvalue weighted by Crippen LogP contribution is 2.15. The van der Waals surface area contributed by atoms with Gasteiger partial charge in [-0.2, -0.15) is 0 Å². The van der Waals surface area contributed by atoms with Gasteiger partial charge in [0, 0.05) is 18.5 Å². The molecule has 0 atom stereocenters. The van der Waals surface area contributed by atoms with Crippen molar-refractivity contribution >= 4 is 17.4 Å². The summed E-state index contributed by atoms with van der Waals surface area (Å²) in [6.45, 7) is 2.78. The molecule has 13 heavy (non-hydrogen) atoms. The summed E-state index contributed by atoms with van der Waals surface area (Å²) in [6, 6.07) is 1.98. The maximum absolute atomic E-state index is 10.8. The van der Waals surface area contributed by atoms with Crippen LogP contribution >= 0.6 is 11.3 Å². The number of hydrogen-bond acceptors (Lipinski definition) is 2. The van der Waals surface area contributed by atoms with Crippen molar-refractivity contribution in [3.8, 4) is 0 Å². The van der Waals surface area contributed by atoms with Gasteiger partial charge < -0.3 is 10.6 Å². The molecule has 0 aliphatic rings. The van der Waals surface area contributed by atoms with E-state index in [4.69, 9.17) is 0 Å². The molecule has 0 spiro atoms. The predicted molar refractivity (Wildman–Crippen MR) is 55.2 cm³/mol. The molecule has 3 nitrogen and oxygen atoms in total. The fourth-order valence-corrected chi connectivity index (χ4v) is 1.95. The van der Waals surface area contributed by atoms with Crippen molar-refractivity contribution in [2.75, 3.05) is 13.6 Å². The van der Waals surface area contributed by atoms with Gasteiger partial charge >= 0.3 is 6.03 Å². The van der Waals surface area contributed by atoms with Crippen molar-refractivity contribution in [2.24, 2.45) is 0 Å². The van der Waals surface area contributed by atoms with Crippen LogP contribution in [-0.4, -0.2) is 19.6 Å². The molecule has 4 heteroatoms. The zero-order valence-corrected chi connectivity index (χ0v) is 8.70. The first-order chi connectivity index (χ1) is 6.24. The lowest BCUT2D eigenvalue weighted by atomic mass is 10.2. The summed E-state index contributed by atoms with van der Waals surface area (Å²) >= 11 is 1.74. The van der Waals surface area contributed by atoms with Gasteiger partial charge in [-0.05, 0) is 30.4 Å². The van der Waals surface area contributed by atoms with E-state index in [0.29, 0.717) is 6.54 Å². The van der Waals surface area contributed by atoms with Gasteiger partial charge in [0.05, 0.1) is 0 Å². The first-order valence-electron chi connectivity index (χ1n) is 4.22. The lowest BCUT2D eigenvalue weighted by Crippen LogP contribution is -2.33. The van der Waals surface area contributed by atoms with E-state index < -0.39 is 0 Å². The van der Waals surface area contributed by atoms with Gasteiger partial charge in [0.1, 0.15) is 0 Å². The van der Waals surface area contributed by atoms with Crippen molar-refractivity contribution in [2.45, 2.75) is 13.3 Å². The Labute approximate surface area is 82.2 Å². The molecule has 0 fully saturated rings. The van der Waals surface area contributed by atoms with Crippen LogP contribution in [0.25, 0.3) is 0 Å². The summed E-state index contributed by atoms with van der Waals surface area (Å²) < 4.78 is 0. The Balaban J connectivity index is 2.28. The van der Waals surface area contributed by atoms with Crippen LogP contribution in [0.5, 0.6) is 0 Å². The lowest BCUT2D eigenvalue weighted by Gasteiger charge is -2.03. The van der Waals surface area contributed by atoms with E-state index in [-0.39, 0.29) is 6.03 Å². The Kier molecular flexibility index (Phi) is 3.76. The summed E-state index contributed by atoms with van der Waals surface area (Å²) in [4.78, 5) is 12.2. The number of carbonyl (C=O) groups excluding carboxylic acids is 1. The molecule has 0 radical (unpaired) electrons. The molecule has 2 amide bonds. The molecule has 0 aliphatic carbocycles. The van der Waals surface area contributed by atoms with Crippen molar-refractivity contribution < 1.29 is 4.79 Å². The van der Waals surface area contributed by atoms with E-state index >= 15 is 0 Å². The molecule has 1 rings (SSSR count). The number of carbonyl (C=O) groups is 1. The van der Waals surface area contributed by atoms with Crippen molar-refractivity contribution in [1.82, 2.24) is 10.6 Å². The van der Waals surface area contributed by atoms with Crippen LogP contribution in [0.3, 0.4) is 0 Å². The SMILES string of the molecule is CNC(=O)NCCc1sccc1C. The Morgan fingerprint density at radius 1 is 1.62 bits per heavy atom. The quantitative estimate of drug-likeness (QED) is 0.759. The molecule has 2 N–H and O–H groups in total. The smallest absolute Gasteiger partial charge is 0.314 e. The van der Waals surface area contributed by atoms with Gasteiger partial charge in [-0.3, -0.25) is 0 Å². The Morgan fingerprint density at radius 2 is 2.38 bits per heavy atom. The van der Waals surface area contributed by atoms with Gasteiger partial charge in [0.25, 0.3) is 0 Å². The monoisotopic (exact) mass is 198 g/mol. The van der Waals surface area contributed by atoms with Crippen LogP contribution in [0.15, 0.2) is 11.4 Å². The highest BCUT2D eigenvalue weighted by Gasteiger charge is 2.00. The third-order valence-corrected chi connectivity index (χ3v) is 2.92. The third kappa shape index (κ3) is 3.06. The number of rotatable bonds is 3. The van der Waals surface area contributed by atoms with Gasteiger partial charge in [-0.1, -0.05) is 0 Å². The average Bonchev–Trinajstić information content (AvgIpc) is 2.52. The van der Waals surface area contributed by atoms with Crippen molar-refractivity contribution in [3.05, 3.63) is 21.9 Å². The molecule has 0 saturated carbocycles. The molecule has 0 bridgehead atoms. The minimum absolute atomic E-state index is 0.116. The first-order valence-corrected chi connectivity index (χ1v) is 5.10. The summed E-state index contributed by atoms with van der Waals surface area (Å²) in [5.74, 6) is 0. The molecular formula is C9H14N2OS. The van der Waals surface area contributed by atoms with Gasteiger partial charge in [-0.15, -0.1) is 11.3 Å². The normalized spacial score (nSPS) is 9.69. The number of amides is 2. The molecule has 0 unspecified atom stereocenters. The zero-order chi connectivity index (χ0) is 9.68. The van der Waals surface area contributed by atoms with E-state index in [2.05, 4.69) is 29.0 Å². The lowest BCUT2D eigenvalue weighted by molar-refractivity contribution is 0.243. The standard InChI is InChI=1S/C9H14N2OS/c1-7-4-6-13-8(7)3-5-11-9(12)10-2/h4,6H,3,5H2,1-2H3,(H2,10,11,12). The molecule has 72 valence electrons. The van der Waals surface area contributed by atoms with Crippen LogP contribution < -0.4 is 10.6 Å². The molecular weight excluding hydrogens is 184 g/mol. The fourth-order valence-electron chi connectivity index (χ4n) is 1.04. The summed E-state index contributed by atoms with van der Waals surface area (Å²) in [7, 11) is 1.62. The maximum Gasteiger partial charge on any atom is 0.314 e. The predicted octanol–water partition coefficient (Wildman–Crippen LogP) is 1.53. The van der Waals surface area contributed by atoms with Gasteiger partial charge in [-0.25, -0.2) is 4.79 Å². The van der Waals surface area contributed by atoms with Crippen molar-refractivity contribution in [1.29, 1.82) is 0 Å². The Hall–Kier alpha value is -1.03. The number of aryl methyl sites for hydroxylation is 1. The van der Waals surface area contributed by atoms with E-state index in [1.165, 1.54) is 10.4 Å². The van der Waals surface area contributed by atoms with Crippen LogP contribution in [0.2, 0.25) is 0 Å². The van der Waals surface area contributed by atoms with E-state index in [9.17, 15) is 4.79 Å². The van der Waals surface area contributed by atoms with Crippen molar-refractivity contribution in [3.63, 3.8) is 0 Å². The van der Waals surface area contributed by atoms with Gasteiger partial charge in [0.15, 0.2) is 0 Å². The van der Waals surface area contributed by atoms with E-state index in [0.717, 1.165) is 6.42 Å². The minimum atomic E-state index is -0.116. The minimum Gasteiger partial charge on any atom is -0.341 e. The molecule has 0 aromatic carbocycles. The zero-order valence-electron chi connectivity index (χ0n) is 7.89. The third-order valence-electron chi connectivity index (χ3n) is 1.83. The molecule has 1 aromatic rings. The van der Waals surface area contributed by atoms with Crippen LogP contribution in [0.1, 0.15) is 10.4 Å². The molecule has 1 aromatic heterocycles. The van der Waals surface area contributed by atoms with Crippen LogP contribution in [-0.2, 0) is 6.42 Å². The molecule has 1 heterocycles. The molecule has 0 saturated heterocycles. The Bertz CT molecular complexity index is 283. The summed E-state index contributed by atoms with van der Waals surface area (Å²) in [5.41, 5.74) is 1.31. The number of thiophene rings is 1. The average molecular weight is 198 g/mol. The Morgan fingerprint density at radius 3 is 2.92 bits per heavy atom. The second kappa shape index (κ2) is 4.87. The van der Waals surface area contributed by atoms with E-state index in [1.54, 1.807) is 18.4 Å². The van der Waals surface area contributed by atoms with Crippen LogP contribution in [0.4, 0.5) is 4.79 Å².